The quantitative estimate of drug-likeness (QED) is 0.798. The van der Waals surface area contributed by atoms with E-state index in [-0.39, 0.29) is 5.91 Å². The van der Waals surface area contributed by atoms with E-state index < -0.39 is 0 Å². The van der Waals surface area contributed by atoms with Gasteiger partial charge in [-0.2, -0.15) is 0 Å². The van der Waals surface area contributed by atoms with E-state index in [2.05, 4.69) is 20.6 Å². The van der Waals surface area contributed by atoms with Crippen LogP contribution in [0.4, 0.5) is 5.82 Å². The summed E-state index contributed by atoms with van der Waals surface area (Å²) < 4.78 is 0. The van der Waals surface area contributed by atoms with Gasteiger partial charge < -0.3 is 10.6 Å². The molecule has 1 aromatic carbocycles. The molecular weight excluding hydrogens is 264 g/mol. The van der Waals surface area contributed by atoms with Gasteiger partial charge in [-0.25, -0.2) is 9.97 Å². The van der Waals surface area contributed by atoms with Crippen LogP contribution in [0.2, 0.25) is 0 Å². The third kappa shape index (κ3) is 4.56. The Labute approximate surface area is 124 Å². The van der Waals surface area contributed by atoms with Crippen molar-refractivity contribution in [2.45, 2.75) is 20.3 Å². The van der Waals surface area contributed by atoms with Gasteiger partial charge in [0.15, 0.2) is 0 Å². The van der Waals surface area contributed by atoms with E-state index in [1.165, 1.54) is 0 Å². The second-order valence-electron chi connectivity index (χ2n) is 4.80. The van der Waals surface area contributed by atoms with Crippen molar-refractivity contribution in [3.05, 3.63) is 53.5 Å². The Bertz CT molecular complexity index is 595. The molecule has 0 aliphatic heterocycles. The van der Waals surface area contributed by atoms with Gasteiger partial charge in [0.1, 0.15) is 12.1 Å². The summed E-state index contributed by atoms with van der Waals surface area (Å²) in [5.41, 5.74) is 2.82. The largest absolute Gasteiger partial charge is 0.368 e. The highest BCUT2D eigenvalue weighted by Gasteiger charge is 2.03. The lowest BCUT2D eigenvalue weighted by Crippen LogP contribution is -2.28. The third-order valence-electron chi connectivity index (χ3n) is 3.12. The number of aromatic nitrogens is 2. The van der Waals surface area contributed by atoms with Gasteiger partial charge in [-0.3, -0.25) is 4.79 Å². The molecule has 21 heavy (non-hydrogen) atoms. The molecule has 0 bridgehead atoms. The van der Waals surface area contributed by atoms with Crippen LogP contribution in [0.25, 0.3) is 0 Å². The predicted molar refractivity (Wildman–Crippen MR) is 83.4 cm³/mol. The molecule has 0 radical (unpaired) electrons. The second kappa shape index (κ2) is 7.38. The van der Waals surface area contributed by atoms with E-state index >= 15 is 0 Å². The molecule has 1 aromatic heterocycles. The first-order valence-electron chi connectivity index (χ1n) is 7.08. The van der Waals surface area contributed by atoms with Gasteiger partial charge in [0.2, 0.25) is 0 Å². The van der Waals surface area contributed by atoms with Crippen LogP contribution in [-0.2, 0) is 6.42 Å². The molecule has 0 aliphatic carbocycles. The summed E-state index contributed by atoms with van der Waals surface area (Å²) in [7, 11) is 0. The van der Waals surface area contributed by atoms with E-state index in [0.29, 0.717) is 18.7 Å². The van der Waals surface area contributed by atoms with Crippen molar-refractivity contribution in [3.63, 3.8) is 0 Å². The fraction of sp³-hybridized carbons (Fsp3) is 0.312. The average molecular weight is 284 g/mol. The summed E-state index contributed by atoms with van der Waals surface area (Å²) in [6.07, 6.45) is 2.42. The Kier molecular flexibility index (Phi) is 5.26. The molecule has 2 aromatic rings. The molecule has 2 N–H and O–H groups in total. The lowest BCUT2D eigenvalue weighted by molar-refractivity contribution is 0.0955. The number of amides is 1. The van der Waals surface area contributed by atoms with Gasteiger partial charge >= 0.3 is 0 Å². The minimum atomic E-state index is -0.0614. The van der Waals surface area contributed by atoms with Gasteiger partial charge in [-0.1, -0.05) is 24.6 Å². The highest BCUT2D eigenvalue weighted by Crippen LogP contribution is 2.04. The van der Waals surface area contributed by atoms with Gasteiger partial charge in [0, 0.05) is 30.4 Å². The highest BCUT2D eigenvalue weighted by molar-refractivity contribution is 5.94. The van der Waals surface area contributed by atoms with Crippen LogP contribution >= 0.6 is 0 Å². The molecule has 1 amide bonds. The van der Waals surface area contributed by atoms with Crippen molar-refractivity contribution < 1.29 is 4.79 Å². The summed E-state index contributed by atoms with van der Waals surface area (Å²) in [5.74, 6) is 0.722. The standard InChI is InChI=1S/C16H20N4O/c1-3-14-10-15(20-11-19-14)17-8-9-18-16(21)13-6-4-12(2)5-7-13/h4-7,10-11H,3,8-9H2,1-2H3,(H,18,21)(H,17,19,20). The zero-order valence-electron chi connectivity index (χ0n) is 12.4. The van der Waals surface area contributed by atoms with E-state index in [1.807, 2.05) is 44.2 Å². The first kappa shape index (κ1) is 15.0. The lowest BCUT2D eigenvalue weighted by Gasteiger charge is -2.08. The Morgan fingerprint density at radius 3 is 2.62 bits per heavy atom. The Balaban J connectivity index is 1.76. The van der Waals surface area contributed by atoms with E-state index in [9.17, 15) is 4.79 Å². The molecule has 0 spiro atoms. The van der Waals surface area contributed by atoms with E-state index in [4.69, 9.17) is 0 Å². The smallest absolute Gasteiger partial charge is 0.251 e. The SMILES string of the molecule is CCc1cc(NCCNC(=O)c2ccc(C)cc2)ncn1. The summed E-state index contributed by atoms with van der Waals surface area (Å²) in [4.78, 5) is 20.2. The summed E-state index contributed by atoms with van der Waals surface area (Å²) in [6, 6.07) is 9.44. The maximum atomic E-state index is 11.9. The van der Waals surface area contributed by atoms with Gasteiger partial charge in [0.05, 0.1) is 0 Å². The monoisotopic (exact) mass is 284 g/mol. The molecule has 0 saturated carbocycles. The highest BCUT2D eigenvalue weighted by atomic mass is 16.1. The van der Waals surface area contributed by atoms with Crippen LogP contribution in [0.15, 0.2) is 36.7 Å². The molecule has 1 heterocycles. The van der Waals surface area contributed by atoms with Gasteiger partial charge in [0.25, 0.3) is 5.91 Å². The fourth-order valence-electron chi connectivity index (χ4n) is 1.86. The number of rotatable bonds is 6. The number of hydrogen-bond donors (Lipinski definition) is 2. The van der Waals surface area contributed by atoms with Crippen LogP contribution in [0, 0.1) is 6.92 Å². The number of anilines is 1. The normalized spacial score (nSPS) is 10.2. The number of benzene rings is 1. The van der Waals surface area contributed by atoms with Crippen molar-refractivity contribution in [1.82, 2.24) is 15.3 Å². The van der Waals surface area contributed by atoms with Crippen molar-refractivity contribution in [1.29, 1.82) is 0 Å². The van der Waals surface area contributed by atoms with Crippen LogP contribution in [-0.4, -0.2) is 29.0 Å². The lowest BCUT2D eigenvalue weighted by atomic mass is 10.1. The minimum Gasteiger partial charge on any atom is -0.368 e. The van der Waals surface area contributed by atoms with Crippen LogP contribution in [0.5, 0.6) is 0 Å². The predicted octanol–water partition coefficient (Wildman–Crippen LogP) is 2.19. The summed E-state index contributed by atoms with van der Waals surface area (Å²) in [6.45, 7) is 5.21. The van der Waals surface area contributed by atoms with Gasteiger partial charge in [-0.15, -0.1) is 0 Å². The molecule has 0 saturated heterocycles. The van der Waals surface area contributed by atoms with Crippen molar-refractivity contribution >= 4 is 11.7 Å². The molecule has 0 fully saturated rings. The maximum Gasteiger partial charge on any atom is 0.251 e. The number of nitrogens with one attached hydrogen (secondary N) is 2. The third-order valence-corrected chi connectivity index (χ3v) is 3.12. The second-order valence-corrected chi connectivity index (χ2v) is 4.80. The molecular formula is C16H20N4O. The van der Waals surface area contributed by atoms with Crippen molar-refractivity contribution in [2.24, 2.45) is 0 Å². The van der Waals surface area contributed by atoms with E-state index in [1.54, 1.807) is 6.33 Å². The first-order chi connectivity index (χ1) is 10.2. The number of aryl methyl sites for hydroxylation is 2. The number of nitrogens with zero attached hydrogens (tertiary/aromatic N) is 2. The van der Waals surface area contributed by atoms with Crippen LogP contribution < -0.4 is 10.6 Å². The summed E-state index contributed by atoms with van der Waals surface area (Å²) >= 11 is 0. The molecule has 0 unspecified atom stereocenters. The average Bonchev–Trinajstić information content (AvgIpc) is 2.52. The topological polar surface area (TPSA) is 66.9 Å². The number of hydrogen-bond acceptors (Lipinski definition) is 4. The molecule has 2 rings (SSSR count). The van der Waals surface area contributed by atoms with Crippen LogP contribution in [0.3, 0.4) is 0 Å². The number of carbonyl (C=O) groups is 1. The number of carbonyl (C=O) groups excluding carboxylic acids is 1. The van der Waals surface area contributed by atoms with E-state index in [0.717, 1.165) is 23.5 Å². The van der Waals surface area contributed by atoms with Crippen molar-refractivity contribution in [3.8, 4) is 0 Å². The summed E-state index contributed by atoms with van der Waals surface area (Å²) in [5, 5.41) is 6.04. The first-order valence-corrected chi connectivity index (χ1v) is 7.08. The Morgan fingerprint density at radius 1 is 1.14 bits per heavy atom. The maximum absolute atomic E-state index is 11.9. The van der Waals surface area contributed by atoms with Crippen LogP contribution in [0.1, 0.15) is 28.5 Å². The Hall–Kier alpha value is -2.43. The molecule has 110 valence electrons. The zero-order valence-corrected chi connectivity index (χ0v) is 12.4. The Morgan fingerprint density at radius 2 is 1.90 bits per heavy atom. The fourth-order valence-corrected chi connectivity index (χ4v) is 1.86. The molecule has 0 aliphatic rings. The zero-order chi connectivity index (χ0) is 15.1. The van der Waals surface area contributed by atoms with Crippen molar-refractivity contribution in [2.75, 3.05) is 18.4 Å². The molecule has 0 atom stereocenters. The minimum absolute atomic E-state index is 0.0614. The van der Waals surface area contributed by atoms with Gasteiger partial charge in [-0.05, 0) is 25.5 Å². The molecule has 5 heteroatoms. The molecule has 5 nitrogen and oxygen atoms in total.